The maximum atomic E-state index is 5.48. The number of fused-ring (bicyclic) bond motifs is 1. The van der Waals surface area contributed by atoms with E-state index in [1.807, 2.05) is 60.7 Å². The van der Waals surface area contributed by atoms with Crippen LogP contribution >= 0.6 is 0 Å². The molecule has 0 atom stereocenters. The molecule has 0 aliphatic rings. The molecule has 0 aromatic heterocycles. The third-order valence-corrected chi connectivity index (χ3v) is 3.18. The zero-order valence-corrected chi connectivity index (χ0v) is 11.0. The molecule has 0 radical (unpaired) electrons. The van der Waals surface area contributed by atoms with Gasteiger partial charge in [0.25, 0.3) is 0 Å². The molecular weight excluding hydrogens is 248 g/mol. The van der Waals surface area contributed by atoms with Crippen LogP contribution in [0, 0.1) is 0 Å². The van der Waals surface area contributed by atoms with Crippen molar-refractivity contribution in [3.63, 3.8) is 0 Å². The monoisotopic (exact) mass is 264 g/mol. The average molecular weight is 264 g/mol. The predicted molar refractivity (Wildman–Crippen MR) is 83.4 cm³/mol. The average Bonchev–Trinajstić information content (AvgIpc) is 2.51. The Morgan fingerprint density at radius 3 is 2.25 bits per heavy atom. The van der Waals surface area contributed by atoms with Crippen molar-refractivity contribution in [3.05, 3.63) is 66.7 Å². The summed E-state index contributed by atoms with van der Waals surface area (Å²) in [5, 5.41) is 5.60. The van der Waals surface area contributed by atoms with Crippen molar-refractivity contribution >= 4 is 22.1 Å². The van der Waals surface area contributed by atoms with Gasteiger partial charge in [-0.15, -0.1) is 0 Å². The number of hydrogen-bond acceptors (Lipinski definition) is 3. The van der Waals surface area contributed by atoms with Crippen LogP contribution in [-0.2, 0) is 0 Å². The lowest BCUT2D eigenvalue weighted by atomic mass is 10.1. The molecular formula is C17H16N2O. The molecule has 0 unspecified atom stereocenters. The lowest BCUT2D eigenvalue weighted by Gasteiger charge is -2.13. The van der Waals surface area contributed by atoms with Gasteiger partial charge in [-0.05, 0) is 24.3 Å². The van der Waals surface area contributed by atoms with Crippen LogP contribution in [-0.4, -0.2) is 6.73 Å². The Hall–Kier alpha value is -2.52. The Labute approximate surface area is 118 Å². The third kappa shape index (κ3) is 2.44. The number of nitrogens with one attached hydrogen (secondary N) is 1. The van der Waals surface area contributed by atoms with Crippen molar-refractivity contribution in [3.8, 4) is 5.75 Å². The highest BCUT2D eigenvalue weighted by molar-refractivity contribution is 5.99. The molecule has 0 bridgehead atoms. The molecule has 0 saturated heterocycles. The first kappa shape index (κ1) is 12.5. The quantitative estimate of drug-likeness (QED) is 0.703. The van der Waals surface area contributed by atoms with Crippen LogP contribution in [0.15, 0.2) is 66.7 Å². The zero-order chi connectivity index (χ0) is 13.8. The molecule has 0 fully saturated rings. The molecule has 3 nitrogen and oxygen atoms in total. The number of hydrogen-bond donors (Lipinski definition) is 2. The number of anilines is 2. The Bertz CT molecular complexity index is 711. The van der Waals surface area contributed by atoms with Gasteiger partial charge in [0, 0.05) is 22.1 Å². The molecule has 0 amide bonds. The smallest absolute Gasteiger partial charge is 0.137 e. The van der Waals surface area contributed by atoms with Gasteiger partial charge in [0.15, 0.2) is 0 Å². The third-order valence-electron chi connectivity index (χ3n) is 3.18. The van der Waals surface area contributed by atoms with E-state index in [-0.39, 0.29) is 6.73 Å². The van der Waals surface area contributed by atoms with Crippen LogP contribution in [0.25, 0.3) is 10.8 Å². The molecule has 20 heavy (non-hydrogen) atoms. The van der Waals surface area contributed by atoms with Crippen LogP contribution in [0.1, 0.15) is 0 Å². The molecule has 0 spiro atoms. The van der Waals surface area contributed by atoms with E-state index in [1.54, 1.807) is 0 Å². The summed E-state index contributed by atoms with van der Waals surface area (Å²) in [5.41, 5.74) is 7.59. The van der Waals surface area contributed by atoms with Crippen LogP contribution < -0.4 is 15.8 Å². The molecule has 100 valence electrons. The SMILES string of the molecule is NCOc1ccc(Nc2ccccc2)c2ccccc12. The Morgan fingerprint density at radius 1 is 0.800 bits per heavy atom. The fraction of sp³-hybridized carbons (Fsp3) is 0.0588. The van der Waals surface area contributed by atoms with Crippen LogP contribution in [0.3, 0.4) is 0 Å². The first-order chi connectivity index (χ1) is 9.88. The van der Waals surface area contributed by atoms with Gasteiger partial charge in [0.2, 0.25) is 0 Å². The van der Waals surface area contributed by atoms with Gasteiger partial charge < -0.3 is 10.1 Å². The molecule has 3 heteroatoms. The van der Waals surface area contributed by atoms with E-state index in [2.05, 4.69) is 11.4 Å². The van der Waals surface area contributed by atoms with E-state index in [9.17, 15) is 0 Å². The van der Waals surface area contributed by atoms with Gasteiger partial charge in [0.1, 0.15) is 12.5 Å². The second-order valence-corrected chi connectivity index (χ2v) is 4.46. The van der Waals surface area contributed by atoms with Crippen LogP contribution in [0.2, 0.25) is 0 Å². The van der Waals surface area contributed by atoms with Crippen molar-refractivity contribution in [2.75, 3.05) is 12.0 Å². The number of para-hydroxylation sites is 1. The van der Waals surface area contributed by atoms with Crippen LogP contribution in [0.5, 0.6) is 5.75 Å². The van der Waals surface area contributed by atoms with Gasteiger partial charge in [-0.2, -0.15) is 0 Å². The van der Waals surface area contributed by atoms with Crippen molar-refractivity contribution in [2.24, 2.45) is 5.73 Å². The molecule has 3 N–H and O–H groups in total. The zero-order valence-electron chi connectivity index (χ0n) is 11.0. The minimum absolute atomic E-state index is 0.176. The summed E-state index contributed by atoms with van der Waals surface area (Å²) < 4.78 is 5.47. The van der Waals surface area contributed by atoms with E-state index in [4.69, 9.17) is 10.5 Å². The second-order valence-electron chi connectivity index (χ2n) is 4.46. The van der Waals surface area contributed by atoms with Crippen molar-refractivity contribution in [1.29, 1.82) is 0 Å². The number of rotatable bonds is 4. The molecule has 3 aromatic carbocycles. The topological polar surface area (TPSA) is 47.3 Å². The van der Waals surface area contributed by atoms with E-state index in [1.165, 1.54) is 0 Å². The van der Waals surface area contributed by atoms with Crippen molar-refractivity contribution in [2.45, 2.75) is 0 Å². The first-order valence-electron chi connectivity index (χ1n) is 6.55. The summed E-state index contributed by atoms with van der Waals surface area (Å²) in [5.74, 6) is 0.807. The molecule has 0 saturated carbocycles. The predicted octanol–water partition coefficient (Wildman–Crippen LogP) is 3.88. The number of ether oxygens (including phenoxy) is 1. The highest BCUT2D eigenvalue weighted by Crippen LogP contribution is 2.32. The summed E-state index contributed by atoms with van der Waals surface area (Å²) in [6.45, 7) is 0.176. The first-order valence-corrected chi connectivity index (χ1v) is 6.55. The summed E-state index contributed by atoms with van der Waals surface area (Å²) in [4.78, 5) is 0. The maximum Gasteiger partial charge on any atom is 0.137 e. The van der Waals surface area contributed by atoms with E-state index >= 15 is 0 Å². The largest absolute Gasteiger partial charge is 0.478 e. The fourth-order valence-corrected chi connectivity index (χ4v) is 2.27. The summed E-state index contributed by atoms with van der Waals surface area (Å²) in [7, 11) is 0. The molecule has 0 aliphatic carbocycles. The summed E-state index contributed by atoms with van der Waals surface area (Å²) in [6, 6.07) is 22.2. The maximum absolute atomic E-state index is 5.48. The number of benzene rings is 3. The van der Waals surface area contributed by atoms with Crippen molar-refractivity contribution in [1.82, 2.24) is 0 Å². The van der Waals surface area contributed by atoms with Crippen molar-refractivity contribution < 1.29 is 4.74 Å². The van der Waals surface area contributed by atoms with E-state index in [0.717, 1.165) is 27.9 Å². The Morgan fingerprint density at radius 2 is 1.50 bits per heavy atom. The minimum Gasteiger partial charge on any atom is -0.478 e. The minimum atomic E-state index is 0.176. The highest BCUT2D eigenvalue weighted by atomic mass is 16.5. The molecule has 3 rings (SSSR count). The van der Waals surface area contributed by atoms with E-state index in [0.29, 0.717) is 0 Å². The van der Waals surface area contributed by atoms with Gasteiger partial charge in [-0.3, -0.25) is 5.73 Å². The second kappa shape index (κ2) is 5.63. The molecule has 3 aromatic rings. The van der Waals surface area contributed by atoms with Gasteiger partial charge in [-0.1, -0.05) is 42.5 Å². The normalized spacial score (nSPS) is 10.4. The molecule has 0 heterocycles. The summed E-state index contributed by atoms with van der Waals surface area (Å²) >= 11 is 0. The van der Waals surface area contributed by atoms with Gasteiger partial charge in [-0.25, -0.2) is 0 Å². The van der Waals surface area contributed by atoms with Crippen LogP contribution in [0.4, 0.5) is 11.4 Å². The van der Waals surface area contributed by atoms with E-state index < -0.39 is 0 Å². The lowest BCUT2D eigenvalue weighted by Crippen LogP contribution is -2.07. The number of nitrogens with two attached hydrogens (primary N) is 1. The fourth-order valence-electron chi connectivity index (χ4n) is 2.27. The Balaban J connectivity index is 2.06. The van der Waals surface area contributed by atoms with Gasteiger partial charge >= 0.3 is 0 Å². The lowest BCUT2D eigenvalue weighted by molar-refractivity contribution is 0.333. The Kier molecular flexibility index (Phi) is 3.52. The standard InChI is InChI=1S/C17H16N2O/c18-12-20-17-11-10-16(14-8-4-5-9-15(14)17)19-13-6-2-1-3-7-13/h1-11,19H,12,18H2. The summed E-state index contributed by atoms with van der Waals surface area (Å²) in [6.07, 6.45) is 0. The van der Waals surface area contributed by atoms with Gasteiger partial charge in [0.05, 0.1) is 0 Å². The molecule has 0 aliphatic heterocycles. The highest BCUT2D eigenvalue weighted by Gasteiger charge is 2.06.